The van der Waals surface area contributed by atoms with E-state index in [1.807, 2.05) is 0 Å². The molecule has 0 aromatic rings. The Kier molecular flexibility index (Phi) is 14.3. The van der Waals surface area contributed by atoms with Crippen LogP contribution < -0.4 is 5.32 Å². The highest BCUT2D eigenvalue weighted by Crippen LogP contribution is 2.34. The lowest BCUT2D eigenvalue weighted by Gasteiger charge is -2.40. The standard InChI is InChI=1S/C22H45NOS/c1-4-7-10-13-16-23-18-21-22(25)19(14-11-8-5-2)17-20(24-21)15-12-9-6-3/h19-23,25H,4-18H2,1-3H3. The van der Waals surface area contributed by atoms with Crippen LogP contribution in [0.4, 0.5) is 0 Å². The molecule has 0 bridgehead atoms. The lowest BCUT2D eigenvalue weighted by atomic mass is 9.85. The molecule has 1 rings (SSSR count). The lowest BCUT2D eigenvalue weighted by Crippen LogP contribution is -2.47. The molecule has 150 valence electrons. The van der Waals surface area contributed by atoms with Gasteiger partial charge in [-0.05, 0) is 38.1 Å². The minimum atomic E-state index is 0.293. The molecular weight excluding hydrogens is 326 g/mol. The Balaban J connectivity index is 2.41. The summed E-state index contributed by atoms with van der Waals surface area (Å²) in [7, 11) is 0. The molecule has 1 heterocycles. The monoisotopic (exact) mass is 371 g/mol. The first-order chi connectivity index (χ1) is 12.2. The van der Waals surface area contributed by atoms with Crippen LogP contribution in [-0.2, 0) is 4.74 Å². The Morgan fingerprint density at radius 3 is 2.16 bits per heavy atom. The van der Waals surface area contributed by atoms with Crippen molar-refractivity contribution < 1.29 is 4.74 Å². The van der Waals surface area contributed by atoms with Crippen LogP contribution in [0, 0.1) is 5.92 Å². The zero-order valence-corrected chi connectivity index (χ0v) is 18.2. The van der Waals surface area contributed by atoms with Gasteiger partial charge in [-0.15, -0.1) is 0 Å². The Labute approximate surface area is 163 Å². The second-order valence-electron chi connectivity index (χ2n) is 8.04. The maximum atomic E-state index is 6.47. The van der Waals surface area contributed by atoms with E-state index in [1.54, 1.807) is 0 Å². The average molecular weight is 372 g/mol. The van der Waals surface area contributed by atoms with Crippen LogP contribution in [-0.4, -0.2) is 30.5 Å². The minimum Gasteiger partial charge on any atom is -0.373 e. The average Bonchev–Trinajstić information content (AvgIpc) is 2.61. The lowest BCUT2D eigenvalue weighted by molar-refractivity contribution is -0.0693. The van der Waals surface area contributed by atoms with Gasteiger partial charge in [0.25, 0.3) is 0 Å². The number of ether oxygens (including phenoxy) is 1. The molecule has 3 heteroatoms. The molecule has 1 saturated heterocycles. The highest BCUT2D eigenvalue weighted by Gasteiger charge is 2.35. The predicted molar refractivity (Wildman–Crippen MR) is 115 cm³/mol. The van der Waals surface area contributed by atoms with Gasteiger partial charge in [0.05, 0.1) is 12.2 Å². The van der Waals surface area contributed by atoms with Crippen molar-refractivity contribution in [3.8, 4) is 0 Å². The molecule has 0 aliphatic carbocycles. The van der Waals surface area contributed by atoms with E-state index in [9.17, 15) is 0 Å². The summed E-state index contributed by atoms with van der Waals surface area (Å²) in [6, 6.07) is 0. The van der Waals surface area contributed by atoms with Crippen LogP contribution in [0.15, 0.2) is 0 Å². The zero-order chi connectivity index (χ0) is 18.3. The molecule has 0 spiro atoms. The third-order valence-electron chi connectivity index (χ3n) is 5.66. The van der Waals surface area contributed by atoms with Crippen LogP contribution in [0.2, 0.25) is 0 Å². The van der Waals surface area contributed by atoms with E-state index >= 15 is 0 Å². The topological polar surface area (TPSA) is 21.3 Å². The molecule has 4 unspecified atom stereocenters. The Hall–Kier alpha value is 0.270. The van der Waals surface area contributed by atoms with Crippen molar-refractivity contribution in [1.29, 1.82) is 0 Å². The Morgan fingerprint density at radius 1 is 0.840 bits per heavy atom. The Bertz CT molecular complexity index is 300. The molecule has 0 aromatic carbocycles. The summed E-state index contributed by atoms with van der Waals surface area (Å²) in [5.74, 6) is 0.738. The van der Waals surface area contributed by atoms with Gasteiger partial charge in [0, 0.05) is 11.8 Å². The minimum absolute atomic E-state index is 0.293. The van der Waals surface area contributed by atoms with E-state index in [0.717, 1.165) is 19.0 Å². The maximum absolute atomic E-state index is 6.47. The van der Waals surface area contributed by atoms with E-state index in [4.69, 9.17) is 17.4 Å². The van der Waals surface area contributed by atoms with Gasteiger partial charge >= 0.3 is 0 Å². The summed E-state index contributed by atoms with van der Waals surface area (Å²) < 4.78 is 6.47. The number of hydrogen-bond donors (Lipinski definition) is 2. The van der Waals surface area contributed by atoms with E-state index in [0.29, 0.717) is 17.5 Å². The molecular formula is C22H45NOS. The normalized spacial score (nSPS) is 26.9. The smallest absolute Gasteiger partial charge is 0.0821 e. The van der Waals surface area contributed by atoms with E-state index < -0.39 is 0 Å². The molecule has 1 aliphatic heterocycles. The van der Waals surface area contributed by atoms with Crippen LogP contribution in [0.25, 0.3) is 0 Å². The first-order valence-corrected chi connectivity index (χ1v) is 11.8. The summed E-state index contributed by atoms with van der Waals surface area (Å²) in [5, 5.41) is 4.05. The quantitative estimate of drug-likeness (QED) is 0.257. The number of unbranched alkanes of at least 4 members (excludes halogenated alkanes) is 7. The highest BCUT2D eigenvalue weighted by atomic mass is 32.1. The van der Waals surface area contributed by atoms with E-state index in [2.05, 4.69) is 26.1 Å². The second kappa shape index (κ2) is 15.3. The highest BCUT2D eigenvalue weighted by molar-refractivity contribution is 7.81. The van der Waals surface area contributed by atoms with E-state index in [1.165, 1.54) is 83.5 Å². The molecule has 1 fully saturated rings. The van der Waals surface area contributed by atoms with Crippen LogP contribution in [0.1, 0.15) is 104 Å². The first kappa shape index (κ1) is 23.3. The van der Waals surface area contributed by atoms with Gasteiger partial charge in [0.1, 0.15) is 0 Å². The first-order valence-electron chi connectivity index (χ1n) is 11.3. The predicted octanol–water partition coefficient (Wildman–Crippen LogP) is 6.39. The largest absolute Gasteiger partial charge is 0.373 e. The van der Waals surface area contributed by atoms with Gasteiger partial charge in [-0.2, -0.15) is 12.6 Å². The summed E-state index contributed by atoms with van der Waals surface area (Å²) in [5.41, 5.74) is 0. The fraction of sp³-hybridized carbons (Fsp3) is 1.00. The molecule has 0 amide bonds. The van der Waals surface area contributed by atoms with E-state index in [-0.39, 0.29) is 0 Å². The van der Waals surface area contributed by atoms with Gasteiger partial charge in [-0.25, -0.2) is 0 Å². The number of nitrogens with one attached hydrogen (secondary N) is 1. The third-order valence-corrected chi connectivity index (χ3v) is 6.41. The maximum Gasteiger partial charge on any atom is 0.0821 e. The van der Waals surface area contributed by atoms with Crippen molar-refractivity contribution in [2.24, 2.45) is 5.92 Å². The molecule has 0 saturated carbocycles. The van der Waals surface area contributed by atoms with Crippen LogP contribution >= 0.6 is 12.6 Å². The van der Waals surface area contributed by atoms with Crippen LogP contribution in [0.5, 0.6) is 0 Å². The summed E-state index contributed by atoms with van der Waals surface area (Å²) in [4.78, 5) is 0. The molecule has 2 nitrogen and oxygen atoms in total. The van der Waals surface area contributed by atoms with Crippen molar-refractivity contribution in [1.82, 2.24) is 5.32 Å². The summed E-state index contributed by atoms with van der Waals surface area (Å²) in [6.45, 7) is 8.95. The van der Waals surface area contributed by atoms with Crippen molar-refractivity contribution in [3.05, 3.63) is 0 Å². The third kappa shape index (κ3) is 10.2. The molecule has 4 atom stereocenters. The number of thiol groups is 1. The summed E-state index contributed by atoms with van der Waals surface area (Å²) >= 11 is 5.00. The Morgan fingerprint density at radius 2 is 1.48 bits per heavy atom. The van der Waals surface area contributed by atoms with Gasteiger partial charge < -0.3 is 10.1 Å². The van der Waals surface area contributed by atoms with Crippen LogP contribution in [0.3, 0.4) is 0 Å². The van der Waals surface area contributed by atoms with Crippen molar-refractivity contribution in [2.75, 3.05) is 13.1 Å². The molecule has 1 aliphatic rings. The number of rotatable bonds is 15. The van der Waals surface area contributed by atoms with Gasteiger partial charge in [-0.3, -0.25) is 0 Å². The SMILES string of the molecule is CCCCCCNCC1OC(CCCCC)CC(CCCCC)C1S. The molecule has 1 N–H and O–H groups in total. The van der Waals surface area contributed by atoms with Gasteiger partial charge in [0.15, 0.2) is 0 Å². The molecule has 0 radical (unpaired) electrons. The fourth-order valence-corrected chi connectivity index (χ4v) is 4.45. The van der Waals surface area contributed by atoms with Crippen molar-refractivity contribution in [2.45, 2.75) is 122 Å². The van der Waals surface area contributed by atoms with Gasteiger partial charge in [0.2, 0.25) is 0 Å². The van der Waals surface area contributed by atoms with Crippen molar-refractivity contribution in [3.63, 3.8) is 0 Å². The second-order valence-corrected chi connectivity index (χ2v) is 8.64. The zero-order valence-electron chi connectivity index (χ0n) is 17.3. The number of hydrogen-bond acceptors (Lipinski definition) is 3. The molecule has 25 heavy (non-hydrogen) atoms. The van der Waals surface area contributed by atoms with Gasteiger partial charge in [-0.1, -0.05) is 78.6 Å². The van der Waals surface area contributed by atoms with Crippen molar-refractivity contribution >= 4 is 12.6 Å². The molecule has 0 aromatic heterocycles. The fourth-order valence-electron chi connectivity index (χ4n) is 4.01. The summed E-state index contributed by atoms with van der Waals surface area (Å²) in [6.07, 6.45) is 17.8.